The standard InChI is InChI=1S/C20H27N3O4/c1-13-17(14(2)27-22-13)11-26-19-12-25-10-9-18(19)21-20(24)15-5-7-16(8-6-15)23(3)4/h5-8,18-19H,9-12H2,1-4H3,(H,21,24)/t18-,19-/m1/s1. The Balaban J connectivity index is 1.62. The Morgan fingerprint density at radius 2 is 2.04 bits per heavy atom. The van der Waals surface area contributed by atoms with Crippen LogP contribution in [0.5, 0.6) is 0 Å². The van der Waals surface area contributed by atoms with Crippen molar-refractivity contribution in [3.8, 4) is 0 Å². The number of hydrogen-bond donors (Lipinski definition) is 1. The highest BCUT2D eigenvalue weighted by atomic mass is 16.5. The Morgan fingerprint density at radius 3 is 2.67 bits per heavy atom. The van der Waals surface area contributed by atoms with Gasteiger partial charge in [-0.2, -0.15) is 0 Å². The Morgan fingerprint density at radius 1 is 1.30 bits per heavy atom. The molecular weight excluding hydrogens is 346 g/mol. The average molecular weight is 373 g/mol. The lowest BCUT2D eigenvalue weighted by Gasteiger charge is -2.32. The van der Waals surface area contributed by atoms with Gasteiger partial charge >= 0.3 is 0 Å². The molecule has 0 bridgehead atoms. The third kappa shape index (κ3) is 4.67. The number of hydrogen-bond acceptors (Lipinski definition) is 6. The van der Waals surface area contributed by atoms with E-state index in [9.17, 15) is 4.79 Å². The summed E-state index contributed by atoms with van der Waals surface area (Å²) < 4.78 is 16.8. The molecule has 1 N–H and O–H groups in total. The molecule has 0 saturated carbocycles. The van der Waals surface area contributed by atoms with E-state index in [0.29, 0.717) is 31.8 Å². The zero-order chi connectivity index (χ0) is 19.4. The SMILES string of the molecule is Cc1noc(C)c1CO[C@@H]1COCC[C@H]1NC(=O)c1ccc(N(C)C)cc1. The van der Waals surface area contributed by atoms with E-state index < -0.39 is 0 Å². The van der Waals surface area contributed by atoms with Crippen LogP contribution >= 0.6 is 0 Å². The van der Waals surface area contributed by atoms with E-state index in [1.54, 1.807) is 0 Å². The molecule has 3 rings (SSSR count). The van der Waals surface area contributed by atoms with Crippen molar-refractivity contribution in [1.29, 1.82) is 0 Å². The zero-order valence-electron chi connectivity index (χ0n) is 16.3. The number of nitrogens with zero attached hydrogens (tertiary/aromatic N) is 2. The van der Waals surface area contributed by atoms with Crippen LogP contribution in [-0.4, -0.2) is 50.5 Å². The third-order valence-corrected chi connectivity index (χ3v) is 4.89. The minimum atomic E-state index is -0.211. The molecule has 0 radical (unpaired) electrons. The maximum absolute atomic E-state index is 12.6. The number of nitrogens with one attached hydrogen (secondary N) is 1. The summed E-state index contributed by atoms with van der Waals surface area (Å²) in [6.07, 6.45) is 0.505. The number of rotatable bonds is 6. The lowest BCUT2D eigenvalue weighted by molar-refractivity contribution is -0.0739. The first kappa shape index (κ1) is 19.4. The summed E-state index contributed by atoms with van der Waals surface area (Å²) in [4.78, 5) is 14.6. The largest absolute Gasteiger partial charge is 0.379 e. The van der Waals surface area contributed by atoms with Crippen LogP contribution in [0.2, 0.25) is 0 Å². The van der Waals surface area contributed by atoms with Gasteiger partial charge in [0, 0.05) is 37.5 Å². The number of benzene rings is 1. The molecule has 0 spiro atoms. The number of aryl methyl sites for hydroxylation is 2. The van der Waals surface area contributed by atoms with Crippen LogP contribution in [0.1, 0.15) is 33.8 Å². The molecule has 7 nitrogen and oxygen atoms in total. The molecule has 1 aromatic heterocycles. The van der Waals surface area contributed by atoms with Crippen molar-refractivity contribution in [2.45, 2.75) is 39.0 Å². The van der Waals surface area contributed by atoms with Crippen LogP contribution in [0.15, 0.2) is 28.8 Å². The minimum Gasteiger partial charge on any atom is -0.379 e. The van der Waals surface area contributed by atoms with E-state index in [1.807, 2.05) is 57.1 Å². The first-order chi connectivity index (χ1) is 13.0. The summed E-state index contributed by atoms with van der Waals surface area (Å²) >= 11 is 0. The third-order valence-electron chi connectivity index (χ3n) is 4.89. The molecule has 146 valence electrons. The fraction of sp³-hybridized carbons (Fsp3) is 0.500. The quantitative estimate of drug-likeness (QED) is 0.838. The van der Waals surface area contributed by atoms with Crippen molar-refractivity contribution >= 4 is 11.6 Å². The number of anilines is 1. The van der Waals surface area contributed by atoms with E-state index in [0.717, 1.165) is 22.7 Å². The molecule has 2 atom stereocenters. The fourth-order valence-corrected chi connectivity index (χ4v) is 3.10. The fourth-order valence-electron chi connectivity index (χ4n) is 3.10. The van der Waals surface area contributed by atoms with E-state index >= 15 is 0 Å². The minimum absolute atomic E-state index is 0.0970. The van der Waals surface area contributed by atoms with E-state index in [2.05, 4.69) is 10.5 Å². The molecule has 0 aliphatic carbocycles. The van der Waals surface area contributed by atoms with Gasteiger partial charge in [-0.25, -0.2) is 0 Å². The highest BCUT2D eigenvalue weighted by Gasteiger charge is 2.29. The summed E-state index contributed by atoms with van der Waals surface area (Å²) in [6, 6.07) is 7.45. The van der Waals surface area contributed by atoms with Gasteiger partial charge in [-0.1, -0.05) is 5.16 Å². The van der Waals surface area contributed by atoms with Crippen LogP contribution < -0.4 is 10.2 Å². The average Bonchev–Trinajstić information content (AvgIpc) is 2.99. The summed E-state index contributed by atoms with van der Waals surface area (Å²) in [5.74, 6) is 0.656. The Kier molecular flexibility index (Phi) is 6.13. The summed E-state index contributed by atoms with van der Waals surface area (Å²) in [6.45, 7) is 5.21. The van der Waals surface area contributed by atoms with Crippen LogP contribution in [-0.2, 0) is 16.1 Å². The molecule has 1 fully saturated rings. The monoisotopic (exact) mass is 373 g/mol. The van der Waals surface area contributed by atoms with Crippen molar-refractivity contribution in [3.05, 3.63) is 46.8 Å². The molecule has 0 unspecified atom stereocenters. The summed E-state index contributed by atoms with van der Waals surface area (Å²) in [7, 11) is 3.94. The molecule has 1 amide bonds. The molecule has 1 aliphatic heterocycles. The first-order valence-corrected chi connectivity index (χ1v) is 9.15. The zero-order valence-corrected chi connectivity index (χ0v) is 16.3. The van der Waals surface area contributed by atoms with E-state index in [1.165, 1.54) is 0 Å². The van der Waals surface area contributed by atoms with Gasteiger partial charge < -0.3 is 24.2 Å². The van der Waals surface area contributed by atoms with Crippen molar-refractivity contribution in [2.24, 2.45) is 0 Å². The van der Waals surface area contributed by atoms with Gasteiger partial charge in [-0.05, 0) is 44.5 Å². The Labute approximate surface area is 159 Å². The Bertz CT molecular complexity index is 751. The normalized spacial score (nSPS) is 19.7. The van der Waals surface area contributed by atoms with Crippen LogP contribution in [0, 0.1) is 13.8 Å². The van der Waals surface area contributed by atoms with Gasteiger partial charge in [0.05, 0.1) is 24.9 Å². The number of aromatic nitrogens is 1. The van der Waals surface area contributed by atoms with Crippen molar-refractivity contribution < 1.29 is 18.8 Å². The first-order valence-electron chi connectivity index (χ1n) is 9.15. The molecular formula is C20H27N3O4. The highest BCUT2D eigenvalue weighted by molar-refractivity contribution is 5.94. The van der Waals surface area contributed by atoms with Gasteiger partial charge in [0.15, 0.2) is 0 Å². The predicted molar refractivity (Wildman–Crippen MR) is 102 cm³/mol. The molecule has 27 heavy (non-hydrogen) atoms. The number of carbonyl (C=O) groups is 1. The Hall–Kier alpha value is -2.38. The van der Waals surface area contributed by atoms with E-state index in [4.69, 9.17) is 14.0 Å². The predicted octanol–water partition coefficient (Wildman–Crippen LogP) is 2.46. The molecule has 2 heterocycles. The van der Waals surface area contributed by atoms with E-state index in [-0.39, 0.29) is 18.1 Å². The van der Waals surface area contributed by atoms with Gasteiger partial charge in [0.25, 0.3) is 5.91 Å². The lowest BCUT2D eigenvalue weighted by atomic mass is 10.0. The molecule has 1 aliphatic rings. The summed E-state index contributed by atoms with van der Waals surface area (Å²) in [5.41, 5.74) is 3.46. The van der Waals surface area contributed by atoms with Gasteiger partial charge in [-0.3, -0.25) is 4.79 Å². The number of carbonyl (C=O) groups excluding carboxylic acids is 1. The van der Waals surface area contributed by atoms with Crippen molar-refractivity contribution in [1.82, 2.24) is 10.5 Å². The van der Waals surface area contributed by atoms with Crippen LogP contribution in [0.25, 0.3) is 0 Å². The second-order valence-electron chi connectivity index (χ2n) is 7.04. The molecule has 1 saturated heterocycles. The van der Waals surface area contributed by atoms with Gasteiger partial charge in [0.1, 0.15) is 11.9 Å². The number of ether oxygens (including phenoxy) is 2. The molecule has 7 heteroatoms. The van der Waals surface area contributed by atoms with Crippen molar-refractivity contribution in [2.75, 3.05) is 32.2 Å². The maximum atomic E-state index is 12.6. The second kappa shape index (κ2) is 8.54. The van der Waals surface area contributed by atoms with Gasteiger partial charge in [-0.15, -0.1) is 0 Å². The number of amides is 1. The lowest BCUT2D eigenvalue weighted by Crippen LogP contribution is -2.50. The van der Waals surface area contributed by atoms with Crippen LogP contribution in [0.4, 0.5) is 5.69 Å². The van der Waals surface area contributed by atoms with Crippen LogP contribution in [0.3, 0.4) is 0 Å². The topological polar surface area (TPSA) is 76.8 Å². The highest BCUT2D eigenvalue weighted by Crippen LogP contribution is 2.19. The second-order valence-corrected chi connectivity index (χ2v) is 7.04. The smallest absolute Gasteiger partial charge is 0.251 e. The summed E-state index contributed by atoms with van der Waals surface area (Å²) in [5, 5.41) is 7.04. The molecule has 2 aromatic rings. The molecule has 1 aromatic carbocycles. The van der Waals surface area contributed by atoms with Gasteiger partial charge in [0.2, 0.25) is 0 Å². The van der Waals surface area contributed by atoms with Crippen molar-refractivity contribution in [3.63, 3.8) is 0 Å². The maximum Gasteiger partial charge on any atom is 0.251 e.